The lowest BCUT2D eigenvalue weighted by atomic mass is 9.96. The molecule has 1 aromatic carbocycles. The third-order valence-corrected chi connectivity index (χ3v) is 5.84. The van der Waals surface area contributed by atoms with Crippen LogP contribution in [0.1, 0.15) is 25.3 Å². The predicted molar refractivity (Wildman–Crippen MR) is 80.9 cm³/mol. The number of aliphatic carboxylic acids is 1. The second-order valence-electron chi connectivity index (χ2n) is 5.56. The first-order chi connectivity index (χ1) is 10.4. The number of aliphatic hydroxyl groups excluding tert-OH is 1. The van der Waals surface area contributed by atoms with Gasteiger partial charge < -0.3 is 10.2 Å². The van der Waals surface area contributed by atoms with Gasteiger partial charge in [0, 0.05) is 13.1 Å². The van der Waals surface area contributed by atoms with Crippen molar-refractivity contribution in [2.45, 2.75) is 37.2 Å². The van der Waals surface area contributed by atoms with Crippen molar-refractivity contribution in [3.8, 4) is 0 Å². The topological polar surface area (TPSA) is 94.9 Å². The van der Waals surface area contributed by atoms with Gasteiger partial charge in [-0.3, -0.25) is 4.79 Å². The zero-order valence-electron chi connectivity index (χ0n) is 12.5. The molecule has 1 saturated heterocycles. The molecule has 2 rings (SSSR count). The summed E-state index contributed by atoms with van der Waals surface area (Å²) in [4.78, 5) is 11.3. The Bertz CT molecular complexity index is 626. The number of hydrogen-bond donors (Lipinski definition) is 2. The first-order valence-electron chi connectivity index (χ1n) is 7.36. The lowest BCUT2D eigenvalue weighted by molar-refractivity contribution is -0.147. The molecule has 1 aliphatic rings. The lowest BCUT2D eigenvalue weighted by Gasteiger charge is -2.33. The van der Waals surface area contributed by atoms with Crippen LogP contribution in [-0.4, -0.2) is 48.1 Å². The molecule has 1 aromatic rings. The van der Waals surface area contributed by atoms with Crippen molar-refractivity contribution in [3.05, 3.63) is 29.8 Å². The number of carboxylic acid groups (broad SMARTS) is 1. The van der Waals surface area contributed by atoms with Gasteiger partial charge in [-0.15, -0.1) is 0 Å². The number of hydrogen-bond acceptors (Lipinski definition) is 4. The first kappa shape index (κ1) is 16.9. The summed E-state index contributed by atoms with van der Waals surface area (Å²) in [5.41, 5.74) is 1.07. The number of aryl methyl sites for hydroxylation is 1. The Hall–Kier alpha value is -1.44. The highest BCUT2D eigenvalue weighted by Gasteiger charge is 2.38. The molecule has 2 atom stereocenters. The molecule has 7 heteroatoms. The van der Waals surface area contributed by atoms with Crippen molar-refractivity contribution in [2.24, 2.45) is 5.92 Å². The minimum Gasteiger partial charge on any atom is -0.481 e. The number of benzene rings is 1. The highest BCUT2D eigenvalue weighted by molar-refractivity contribution is 7.89. The summed E-state index contributed by atoms with van der Waals surface area (Å²) < 4.78 is 26.3. The minimum absolute atomic E-state index is 0.129. The maximum absolute atomic E-state index is 12.6. The fraction of sp³-hybridized carbons (Fsp3) is 0.533. The standard InChI is InChI=1S/C15H21NO5S/c1-2-3-11-4-6-12(7-5-11)22(20,21)16-9-8-14(17)13(10-16)15(18)19/h4-7,13-14,17H,2-3,8-10H2,1H3,(H,18,19). The molecule has 0 spiro atoms. The quantitative estimate of drug-likeness (QED) is 0.844. The fourth-order valence-corrected chi connectivity index (χ4v) is 4.12. The van der Waals surface area contributed by atoms with Gasteiger partial charge >= 0.3 is 5.97 Å². The maximum Gasteiger partial charge on any atom is 0.310 e. The Morgan fingerprint density at radius 2 is 1.95 bits per heavy atom. The molecule has 0 radical (unpaired) electrons. The average molecular weight is 327 g/mol. The van der Waals surface area contributed by atoms with Gasteiger partial charge in [-0.1, -0.05) is 25.5 Å². The Kier molecular flexibility index (Phi) is 5.20. The normalized spacial score (nSPS) is 23.4. The van der Waals surface area contributed by atoms with Crippen molar-refractivity contribution in [1.29, 1.82) is 0 Å². The van der Waals surface area contributed by atoms with E-state index < -0.39 is 28.0 Å². The van der Waals surface area contributed by atoms with E-state index in [4.69, 9.17) is 5.11 Å². The molecule has 0 amide bonds. The lowest BCUT2D eigenvalue weighted by Crippen LogP contribution is -2.48. The molecule has 122 valence electrons. The predicted octanol–water partition coefficient (Wildman–Crippen LogP) is 1.10. The summed E-state index contributed by atoms with van der Waals surface area (Å²) in [5, 5.41) is 18.8. The number of piperidine rings is 1. The van der Waals surface area contributed by atoms with Crippen molar-refractivity contribution < 1.29 is 23.4 Å². The van der Waals surface area contributed by atoms with Crippen LogP contribution < -0.4 is 0 Å². The second-order valence-corrected chi connectivity index (χ2v) is 7.50. The van der Waals surface area contributed by atoms with Gasteiger partial charge in [0.05, 0.1) is 16.9 Å². The third-order valence-electron chi connectivity index (χ3n) is 3.96. The molecule has 0 saturated carbocycles. The van der Waals surface area contributed by atoms with E-state index in [1.54, 1.807) is 24.3 Å². The summed E-state index contributed by atoms with van der Waals surface area (Å²) >= 11 is 0. The van der Waals surface area contributed by atoms with Crippen molar-refractivity contribution >= 4 is 16.0 Å². The molecule has 22 heavy (non-hydrogen) atoms. The average Bonchev–Trinajstić information content (AvgIpc) is 2.48. The van der Waals surface area contributed by atoms with E-state index in [0.29, 0.717) is 0 Å². The van der Waals surface area contributed by atoms with E-state index in [2.05, 4.69) is 6.92 Å². The Morgan fingerprint density at radius 1 is 1.32 bits per heavy atom. The number of carbonyl (C=O) groups is 1. The van der Waals surface area contributed by atoms with Crippen molar-refractivity contribution in [2.75, 3.05) is 13.1 Å². The molecule has 6 nitrogen and oxygen atoms in total. The van der Waals surface area contributed by atoms with Crippen LogP contribution >= 0.6 is 0 Å². The molecular weight excluding hydrogens is 306 g/mol. The molecule has 0 bridgehead atoms. The van der Waals surface area contributed by atoms with Gasteiger partial charge in [0.1, 0.15) is 0 Å². The number of rotatable bonds is 5. The highest BCUT2D eigenvalue weighted by Crippen LogP contribution is 2.24. The second kappa shape index (κ2) is 6.76. The van der Waals surface area contributed by atoms with Crippen LogP contribution in [0.25, 0.3) is 0 Å². The number of carboxylic acids is 1. The molecule has 0 aliphatic carbocycles. The molecule has 2 N–H and O–H groups in total. The van der Waals surface area contributed by atoms with Crippen LogP contribution in [0.15, 0.2) is 29.2 Å². The van der Waals surface area contributed by atoms with E-state index >= 15 is 0 Å². The summed E-state index contributed by atoms with van der Waals surface area (Å²) in [6.45, 7) is 1.98. The Morgan fingerprint density at radius 3 is 2.50 bits per heavy atom. The maximum atomic E-state index is 12.6. The first-order valence-corrected chi connectivity index (χ1v) is 8.80. The van der Waals surface area contributed by atoms with E-state index in [1.807, 2.05) is 0 Å². The largest absolute Gasteiger partial charge is 0.481 e. The van der Waals surface area contributed by atoms with Gasteiger partial charge in [0.15, 0.2) is 0 Å². The summed E-state index contributed by atoms with van der Waals surface area (Å²) in [6, 6.07) is 6.68. The highest BCUT2D eigenvalue weighted by atomic mass is 32.2. The molecule has 2 unspecified atom stereocenters. The molecule has 0 aromatic heterocycles. The zero-order valence-corrected chi connectivity index (χ0v) is 13.3. The minimum atomic E-state index is -3.72. The fourth-order valence-electron chi connectivity index (χ4n) is 2.64. The Labute approximate surface area is 130 Å². The number of aliphatic hydroxyl groups is 1. The van der Waals surface area contributed by atoms with E-state index in [0.717, 1.165) is 22.7 Å². The van der Waals surface area contributed by atoms with E-state index in [1.165, 1.54) is 0 Å². The van der Waals surface area contributed by atoms with Gasteiger partial charge in [-0.2, -0.15) is 4.31 Å². The summed E-state index contributed by atoms with van der Waals surface area (Å²) in [5.74, 6) is -2.26. The number of nitrogens with zero attached hydrogens (tertiary/aromatic N) is 1. The monoisotopic (exact) mass is 327 g/mol. The van der Waals surface area contributed by atoms with Crippen LogP contribution in [0.2, 0.25) is 0 Å². The smallest absolute Gasteiger partial charge is 0.310 e. The van der Waals surface area contributed by atoms with Crippen LogP contribution in [0.4, 0.5) is 0 Å². The molecular formula is C15H21NO5S. The van der Waals surface area contributed by atoms with E-state index in [9.17, 15) is 18.3 Å². The van der Waals surface area contributed by atoms with Gasteiger partial charge in [0.2, 0.25) is 10.0 Å². The Balaban J connectivity index is 2.20. The number of sulfonamides is 1. The van der Waals surface area contributed by atoms with Crippen LogP contribution in [-0.2, 0) is 21.2 Å². The van der Waals surface area contributed by atoms with E-state index in [-0.39, 0.29) is 24.4 Å². The van der Waals surface area contributed by atoms with Crippen LogP contribution in [0, 0.1) is 5.92 Å². The summed E-state index contributed by atoms with van der Waals surface area (Å²) in [6.07, 6.45) is 0.994. The van der Waals surface area contributed by atoms with Crippen molar-refractivity contribution in [1.82, 2.24) is 4.31 Å². The van der Waals surface area contributed by atoms with Gasteiger partial charge in [-0.25, -0.2) is 8.42 Å². The van der Waals surface area contributed by atoms with Crippen LogP contribution in [0.3, 0.4) is 0 Å². The molecule has 1 heterocycles. The summed E-state index contributed by atoms with van der Waals surface area (Å²) in [7, 11) is -3.72. The van der Waals surface area contributed by atoms with Gasteiger partial charge in [-0.05, 0) is 30.5 Å². The van der Waals surface area contributed by atoms with Crippen LogP contribution in [0.5, 0.6) is 0 Å². The van der Waals surface area contributed by atoms with Crippen molar-refractivity contribution in [3.63, 3.8) is 0 Å². The zero-order chi connectivity index (χ0) is 16.3. The molecule has 1 fully saturated rings. The van der Waals surface area contributed by atoms with Gasteiger partial charge in [0.25, 0.3) is 0 Å². The molecule has 1 aliphatic heterocycles. The SMILES string of the molecule is CCCc1ccc(S(=O)(=O)N2CCC(O)C(C(=O)O)C2)cc1. The third kappa shape index (κ3) is 3.48.